The molecule has 1 aliphatic rings. The number of carboxylic acids is 1. The van der Waals surface area contributed by atoms with E-state index in [0.29, 0.717) is 0 Å². The standard InChI is InChI=1S/C25H30N2O5/c1-3-32-25(31)21(14-13-18-9-5-4-6-10-18)26-17(2)23(28)27-16-20-12-8-7-11-19(20)15-22(27)24(29)30/h4-12,17,21-22,26H,3,13-16H2,1-2H3,(H,29,30)/i4D,5D,6D,9D,10D. The van der Waals surface area contributed by atoms with Crippen LogP contribution >= 0.6 is 0 Å². The highest BCUT2D eigenvalue weighted by Crippen LogP contribution is 2.24. The Kier molecular flexibility index (Phi) is 5.92. The lowest BCUT2D eigenvalue weighted by Gasteiger charge is -2.36. The maximum absolute atomic E-state index is 13.4. The predicted octanol–water partition coefficient (Wildman–Crippen LogP) is 2.57. The van der Waals surface area contributed by atoms with E-state index in [1.807, 2.05) is 24.3 Å². The van der Waals surface area contributed by atoms with Crippen molar-refractivity contribution in [3.05, 3.63) is 71.2 Å². The summed E-state index contributed by atoms with van der Waals surface area (Å²) in [6, 6.07) is 2.13. The van der Waals surface area contributed by atoms with Crippen LogP contribution in [0.3, 0.4) is 0 Å². The minimum absolute atomic E-state index is 0.00433. The molecule has 7 heteroatoms. The number of fused-ring (bicyclic) bond motifs is 1. The van der Waals surface area contributed by atoms with Crippen molar-refractivity contribution in [1.82, 2.24) is 10.2 Å². The third kappa shape index (κ3) is 5.73. The van der Waals surface area contributed by atoms with E-state index in [9.17, 15) is 19.5 Å². The zero-order chi connectivity index (χ0) is 27.4. The molecule has 2 N–H and O–H groups in total. The molecular formula is C25H30N2O5. The van der Waals surface area contributed by atoms with Crippen LogP contribution in [0, 0.1) is 0 Å². The fraction of sp³-hybridized carbons (Fsp3) is 0.400. The van der Waals surface area contributed by atoms with Gasteiger partial charge in [0.15, 0.2) is 0 Å². The molecule has 3 rings (SSSR count). The second-order valence-corrected chi connectivity index (χ2v) is 7.63. The number of amides is 1. The number of carbonyl (C=O) groups is 3. The number of carbonyl (C=O) groups excluding carboxylic acids is 2. The number of benzene rings is 2. The molecule has 0 aliphatic carbocycles. The maximum Gasteiger partial charge on any atom is 0.326 e. The monoisotopic (exact) mass is 443 g/mol. The van der Waals surface area contributed by atoms with Crippen molar-refractivity contribution in [3.63, 3.8) is 0 Å². The lowest BCUT2D eigenvalue weighted by molar-refractivity contribution is -0.153. The number of ether oxygens (including phenoxy) is 1. The minimum atomic E-state index is -1.13. The van der Waals surface area contributed by atoms with Crippen molar-refractivity contribution in [1.29, 1.82) is 0 Å². The van der Waals surface area contributed by atoms with Crippen molar-refractivity contribution in [2.75, 3.05) is 6.61 Å². The Hall–Kier alpha value is -3.19. The number of esters is 1. The fourth-order valence-electron chi connectivity index (χ4n) is 3.80. The molecule has 7 nitrogen and oxygen atoms in total. The number of rotatable bonds is 9. The first-order valence-electron chi connectivity index (χ1n) is 13.1. The van der Waals surface area contributed by atoms with Gasteiger partial charge in [-0.1, -0.05) is 54.5 Å². The number of nitrogens with one attached hydrogen (secondary N) is 1. The van der Waals surface area contributed by atoms with Gasteiger partial charge in [0.1, 0.15) is 12.1 Å². The highest BCUT2D eigenvalue weighted by atomic mass is 16.5. The van der Waals surface area contributed by atoms with Crippen LogP contribution in [-0.2, 0) is 38.5 Å². The third-order valence-electron chi connectivity index (χ3n) is 5.44. The Labute approximate surface area is 195 Å². The number of nitrogens with zero attached hydrogens (tertiary/aromatic N) is 1. The van der Waals surface area contributed by atoms with E-state index in [4.69, 9.17) is 11.6 Å². The van der Waals surface area contributed by atoms with Gasteiger partial charge in [0.2, 0.25) is 5.91 Å². The molecule has 0 saturated carbocycles. The number of carboxylic acid groups (broad SMARTS) is 1. The second kappa shape index (κ2) is 10.9. The lowest BCUT2D eigenvalue weighted by Crippen LogP contribution is -2.56. The molecule has 0 fully saturated rings. The van der Waals surface area contributed by atoms with Crippen LogP contribution in [0.2, 0.25) is 0 Å². The summed E-state index contributed by atoms with van der Waals surface area (Å²) in [6.45, 7) is 3.35. The summed E-state index contributed by atoms with van der Waals surface area (Å²) < 4.78 is 44.8. The Morgan fingerprint density at radius 1 is 1.22 bits per heavy atom. The molecule has 2 aromatic rings. The molecular weight excluding hydrogens is 408 g/mol. The summed E-state index contributed by atoms with van der Waals surface area (Å²) in [5, 5.41) is 12.7. The van der Waals surface area contributed by atoms with Gasteiger partial charge < -0.3 is 14.7 Å². The van der Waals surface area contributed by atoms with Gasteiger partial charge >= 0.3 is 11.9 Å². The molecule has 1 aliphatic heterocycles. The van der Waals surface area contributed by atoms with E-state index in [2.05, 4.69) is 5.32 Å². The van der Waals surface area contributed by atoms with Crippen molar-refractivity contribution in [2.24, 2.45) is 0 Å². The Morgan fingerprint density at radius 3 is 2.56 bits per heavy atom. The largest absolute Gasteiger partial charge is 0.480 e. The average molecular weight is 444 g/mol. The van der Waals surface area contributed by atoms with Crippen LogP contribution in [-0.4, -0.2) is 52.6 Å². The number of hydrogen-bond donors (Lipinski definition) is 2. The van der Waals surface area contributed by atoms with Crippen LogP contribution in [0.15, 0.2) is 54.5 Å². The van der Waals surface area contributed by atoms with E-state index in [1.165, 1.54) is 11.8 Å². The Bertz CT molecular complexity index is 1180. The van der Waals surface area contributed by atoms with E-state index in [0.717, 1.165) is 11.1 Å². The molecule has 1 heterocycles. The normalized spacial score (nSPS) is 19.4. The average Bonchev–Trinajstić information content (AvgIpc) is 2.88. The first-order chi connectivity index (χ1) is 17.5. The molecule has 170 valence electrons. The van der Waals surface area contributed by atoms with Gasteiger partial charge in [-0.15, -0.1) is 0 Å². The van der Waals surface area contributed by atoms with Gasteiger partial charge in [-0.2, -0.15) is 0 Å². The summed E-state index contributed by atoms with van der Waals surface area (Å²) in [5.41, 5.74) is 1.77. The molecule has 0 radical (unpaired) electrons. The highest BCUT2D eigenvalue weighted by Gasteiger charge is 2.37. The number of aliphatic carboxylic acids is 1. The van der Waals surface area contributed by atoms with Crippen LogP contribution in [0.25, 0.3) is 0 Å². The quantitative estimate of drug-likeness (QED) is 0.579. The summed E-state index contributed by atoms with van der Waals surface area (Å²) in [4.78, 5) is 39.3. The zero-order valence-electron chi connectivity index (χ0n) is 23.1. The van der Waals surface area contributed by atoms with Crippen molar-refractivity contribution in [3.8, 4) is 0 Å². The Balaban J connectivity index is 1.80. The molecule has 32 heavy (non-hydrogen) atoms. The minimum Gasteiger partial charge on any atom is -0.480 e. The SMILES string of the molecule is [2H]c1c([2H])c([2H])c(CCC(NC(C)C(=O)N2Cc3ccccc3CC2C(=O)O)C(=O)OCC)c([2H])c1[2H]. The summed E-state index contributed by atoms with van der Waals surface area (Å²) in [7, 11) is 0. The van der Waals surface area contributed by atoms with Crippen LogP contribution in [0.5, 0.6) is 0 Å². The van der Waals surface area contributed by atoms with Gasteiger partial charge in [0, 0.05) is 13.0 Å². The van der Waals surface area contributed by atoms with Crippen molar-refractivity contribution in [2.45, 2.75) is 57.8 Å². The molecule has 0 saturated heterocycles. The lowest BCUT2D eigenvalue weighted by atomic mass is 9.93. The van der Waals surface area contributed by atoms with Gasteiger partial charge in [0.05, 0.1) is 19.5 Å². The molecule has 1 amide bonds. The van der Waals surface area contributed by atoms with Crippen LogP contribution in [0.1, 0.15) is 43.8 Å². The summed E-state index contributed by atoms with van der Waals surface area (Å²) in [5.74, 6) is -2.29. The summed E-state index contributed by atoms with van der Waals surface area (Å²) in [6.07, 6.45) is 0.123. The predicted molar refractivity (Wildman–Crippen MR) is 120 cm³/mol. The molecule has 2 aromatic carbocycles. The van der Waals surface area contributed by atoms with E-state index in [-0.39, 0.29) is 50.1 Å². The van der Waals surface area contributed by atoms with E-state index >= 15 is 0 Å². The molecule has 3 atom stereocenters. The maximum atomic E-state index is 13.4. The smallest absolute Gasteiger partial charge is 0.326 e. The van der Waals surface area contributed by atoms with Crippen molar-refractivity contribution >= 4 is 17.8 Å². The zero-order valence-corrected chi connectivity index (χ0v) is 18.1. The van der Waals surface area contributed by atoms with E-state index < -0.39 is 54.1 Å². The van der Waals surface area contributed by atoms with Crippen molar-refractivity contribution < 1.29 is 31.1 Å². The van der Waals surface area contributed by atoms with Crippen LogP contribution < -0.4 is 5.32 Å². The molecule has 3 unspecified atom stereocenters. The molecule has 0 spiro atoms. The van der Waals surface area contributed by atoms with Gasteiger partial charge in [-0.25, -0.2) is 4.79 Å². The highest BCUT2D eigenvalue weighted by molar-refractivity contribution is 5.88. The van der Waals surface area contributed by atoms with E-state index in [1.54, 1.807) is 6.92 Å². The topological polar surface area (TPSA) is 95.9 Å². The number of hydrogen-bond acceptors (Lipinski definition) is 5. The molecule has 0 bridgehead atoms. The second-order valence-electron chi connectivity index (χ2n) is 7.63. The fourth-order valence-corrected chi connectivity index (χ4v) is 3.80. The van der Waals surface area contributed by atoms with Gasteiger partial charge in [0.25, 0.3) is 0 Å². The molecule has 0 aromatic heterocycles. The summed E-state index contributed by atoms with van der Waals surface area (Å²) >= 11 is 0. The van der Waals surface area contributed by atoms with Crippen LogP contribution in [0.4, 0.5) is 0 Å². The Morgan fingerprint density at radius 2 is 1.91 bits per heavy atom. The third-order valence-corrected chi connectivity index (χ3v) is 5.44. The van der Waals surface area contributed by atoms with Gasteiger partial charge in [-0.3, -0.25) is 14.9 Å². The first kappa shape index (κ1) is 17.4. The van der Waals surface area contributed by atoms with Gasteiger partial charge in [-0.05, 0) is 43.4 Å². The first-order valence-corrected chi connectivity index (χ1v) is 10.6.